The number of rotatable bonds is 7. The molecule has 2 rings (SSSR count). The summed E-state index contributed by atoms with van der Waals surface area (Å²) < 4.78 is 5.12. The maximum Gasteiger partial charge on any atom is 0.238 e. The number of carbonyl (C=O) groups is 1. The predicted octanol–water partition coefficient (Wildman–Crippen LogP) is 2.47. The molecule has 110 valence electrons. The summed E-state index contributed by atoms with van der Waals surface area (Å²) in [5.41, 5.74) is 2.00. The predicted molar refractivity (Wildman–Crippen MR) is 84.6 cm³/mol. The first-order chi connectivity index (χ1) is 10.3. The molecule has 2 N–H and O–H groups in total. The van der Waals surface area contributed by atoms with Crippen molar-refractivity contribution in [3.8, 4) is 5.75 Å². The topological polar surface area (TPSA) is 50.4 Å². The summed E-state index contributed by atoms with van der Waals surface area (Å²) in [5, 5.41) is 5.97. The van der Waals surface area contributed by atoms with Crippen molar-refractivity contribution in [3.63, 3.8) is 0 Å². The van der Waals surface area contributed by atoms with Crippen LogP contribution < -0.4 is 15.4 Å². The van der Waals surface area contributed by atoms with E-state index >= 15 is 0 Å². The zero-order valence-electron chi connectivity index (χ0n) is 12.1. The molecule has 2 aromatic rings. The summed E-state index contributed by atoms with van der Waals surface area (Å²) in [6.07, 6.45) is 0.910. The summed E-state index contributed by atoms with van der Waals surface area (Å²) in [7, 11) is 1.60. The lowest BCUT2D eigenvalue weighted by Crippen LogP contribution is -2.29. The van der Waals surface area contributed by atoms with Crippen molar-refractivity contribution in [2.45, 2.75) is 6.42 Å². The molecular formula is C17H20N2O2. The van der Waals surface area contributed by atoms with Gasteiger partial charge in [-0.2, -0.15) is 0 Å². The largest absolute Gasteiger partial charge is 0.497 e. The fourth-order valence-corrected chi connectivity index (χ4v) is 1.99. The Hall–Kier alpha value is -2.33. The Bertz CT molecular complexity index is 570. The molecule has 21 heavy (non-hydrogen) atoms. The van der Waals surface area contributed by atoms with Gasteiger partial charge in [-0.25, -0.2) is 0 Å². The SMILES string of the molecule is COc1cccc(NC(=O)CNCCc2ccccc2)c1. The standard InChI is InChI=1S/C17H20N2O2/c1-21-16-9-5-8-15(12-16)19-17(20)13-18-11-10-14-6-3-2-4-7-14/h2-9,12,18H,10-11,13H2,1H3,(H,19,20). The van der Waals surface area contributed by atoms with E-state index in [2.05, 4.69) is 22.8 Å². The van der Waals surface area contributed by atoms with E-state index in [4.69, 9.17) is 4.74 Å². The van der Waals surface area contributed by atoms with E-state index in [1.54, 1.807) is 13.2 Å². The van der Waals surface area contributed by atoms with Gasteiger partial charge in [-0.15, -0.1) is 0 Å². The zero-order chi connectivity index (χ0) is 14.9. The summed E-state index contributed by atoms with van der Waals surface area (Å²) >= 11 is 0. The molecule has 0 aliphatic carbocycles. The lowest BCUT2D eigenvalue weighted by atomic mass is 10.1. The molecule has 1 amide bonds. The van der Waals surface area contributed by atoms with Crippen LogP contribution in [0.3, 0.4) is 0 Å². The summed E-state index contributed by atoms with van der Waals surface area (Å²) in [6.45, 7) is 1.07. The number of amides is 1. The molecule has 0 fully saturated rings. The number of ether oxygens (including phenoxy) is 1. The number of benzene rings is 2. The van der Waals surface area contributed by atoms with Gasteiger partial charge in [0.1, 0.15) is 5.75 Å². The van der Waals surface area contributed by atoms with Crippen LogP contribution in [-0.4, -0.2) is 26.1 Å². The highest BCUT2D eigenvalue weighted by atomic mass is 16.5. The Kier molecular flexibility index (Phi) is 5.79. The van der Waals surface area contributed by atoms with Crippen molar-refractivity contribution in [2.75, 3.05) is 25.5 Å². The second-order valence-corrected chi connectivity index (χ2v) is 4.69. The van der Waals surface area contributed by atoms with Gasteiger partial charge in [-0.05, 0) is 30.7 Å². The molecule has 0 saturated heterocycles. The van der Waals surface area contributed by atoms with Crippen LogP contribution in [0.15, 0.2) is 54.6 Å². The van der Waals surface area contributed by atoms with E-state index in [-0.39, 0.29) is 5.91 Å². The molecule has 0 bridgehead atoms. The molecule has 0 saturated carbocycles. The molecule has 0 aliphatic rings. The van der Waals surface area contributed by atoms with E-state index in [1.165, 1.54) is 5.56 Å². The average Bonchev–Trinajstić information content (AvgIpc) is 2.53. The van der Waals surface area contributed by atoms with Crippen LogP contribution in [-0.2, 0) is 11.2 Å². The van der Waals surface area contributed by atoms with Gasteiger partial charge >= 0.3 is 0 Å². The summed E-state index contributed by atoms with van der Waals surface area (Å²) in [6, 6.07) is 17.5. The number of hydrogen-bond acceptors (Lipinski definition) is 3. The van der Waals surface area contributed by atoms with Gasteiger partial charge in [-0.1, -0.05) is 36.4 Å². The van der Waals surface area contributed by atoms with Crippen molar-refractivity contribution < 1.29 is 9.53 Å². The first-order valence-electron chi connectivity index (χ1n) is 6.96. The van der Waals surface area contributed by atoms with Crippen LogP contribution in [0.1, 0.15) is 5.56 Å². The van der Waals surface area contributed by atoms with Gasteiger partial charge in [0, 0.05) is 11.8 Å². The number of carbonyl (C=O) groups excluding carboxylic acids is 1. The summed E-state index contributed by atoms with van der Waals surface area (Å²) in [5.74, 6) is 0.668. The van der Waals surface area contributed by atoms with Crippen LogP contribution in [0.2, 0.25) is 0 Å². The lowest BCUT2D eigenvalue weighted by Gasteiger charge is -2.08. The lowest BCUT2D eigenvalue weighted by molar-refractivity contribution is -0.115. The Morgan fingerprint density at radius 1 is 1.10 bits per heavy atom. The van der Waals surface area contributed by atoms with Crippen LogP contribution in [0.5, 0.6) is 5.75 Å². The number of nitrogens with one attached hydrogen (secondary N) is 2. The monoisotopic (exact) mass is 284 g/mol. The van der Waals surface area contributed by atoms with Crippen molar-refractivity contribution in [1.29, 1.82) is 0 Å². The Morgan fingerprint density at radius 2 is 1.90 bits per heavy atom. The second-order valence-electron chi connectivity index (χ2n) is 4.69. The third-order valence-corrected chi connectivity index (χ3v) is 3.07. The highest BCUT2D eigenvalue weighted by molar-refractivity contribution is 5.92. The molecule has 0 heterocycles. The molecular weight excluding hydrogens is 264 g/mol. The van der Waals surface area contributed by atoms with Crippen molar-refractivity contribution >= 4 is 11.6 Å². The normalized spacial score (nSPS) is 10.1. The third kappa shape index (κ3) is 5.28. The van der Waals surface area contributed by atoms with Gasteiger partial charge in [0.05, 0.1) is 13.7 Å². The fourth-order valence-electron chi connectivity index (χ4n) is 1.99. The minimum atomic E-state index is -0.0590. The molecule has 0 radical (unpaired) electrons. The molecule has 0 spiro atoms. The maximum absolute atomic E-state index is 11.8. The highest BCUT2D eigenvalue weighted by Gasteiger charge is 2.02. The van der Waals surface area contributed by atoms with E-state index in [0.29, 0.717) is 6.54 Å². The highest BCUT2D eigenvalue weighted by Crippen LogP contribution is 2.16. The second kappa shape index (κ2) is 8.07. The Labute approximate surface area is 125 Å². The van der Waals surface area contributed by atoms with Gasteiger partial charge in [0.2, 0.25) is 5.91 Å². The molecule has 4 nitrogen and oxygen atoms in total. The third-order valence-electron chi connectivity index (χ3n) is 3.07. The van der Waals surface area contributed by atoms with Crippen molar-refractivity contribution in [2.24, 2.45) is 0 Å². The van der Waals surface area contributed by atoms with Crippen LogP contribution in [0, 0.1) is 0 Å². The van der Waals surface area contributed by atoms with Crippen LogP contribution in [0.4, 0.5) is 5.69 Å². The fraction of sp³-hybridized carbons (Fsp3) is 0.235. The van der Waals surface area contributed by atoms with E-state index < -0.39 is 0 Å². The van der Waals surface area contributed by atoms with Gasteiger partial charge in [0.25, 0.3) is 0 Å². The van der Waals surface area contributed by atoms with Crippen LogP contribution in [0.25, 0.3) is 0 Å². The first-order valence-corrected chi connectivity index (χ1v) is 6.96. The number of anilines is 1. The first kappa shape index (κ1) is 15.1. The Balaban J connectivity index is 1.70. The smallest absolute Gasteiger partial charge is 0.238 e. The minimum Gasteiger partial charge on any atom is -0.497 e. The van der Waals surface area contributed by atoms with E-state index in [9.17, 15) is 4.79 Å². The van der Waals surface area contributed by atoms with Crippen LogP contribution >= 0.6 is 0 Å². The quantitative estimate of drug-likeness (QED) is 0.768. The molecule has 0 atom stereocenters. The van der Waals surface area contributed by atoms with Crippen molar-refractivity contribution in [1.82, 2.24) is 5.32 Å². The van der Waals surface area contributed by atoms with Crippen molar-refractivity contribution in [3.05, 3.63) is 60.2 Å². The zero-order valence-corrected chi connectivity index (χ0v) is 12.1. The number of methoxy groups -OCH3 is 1. The molecule has 4 heteroatoms. The number of hydrogen-bond donors (Lipinski definition) is 2. The van der Waals surface area contributed by atoms with E-state index in [0.717, 1.165) is 24.4 Å². The van der Waals surface area contributed by atoms with E-state index in [1.807, 2.05) is 36.4 Å². The summed E-state index contributed by atoms with van der Waals surface area (Å²) in [4.78, 5) is 11.8. The van der Waals surface area contributed by atoms with Gasteiger partial charge in [-0.3, -0.25) is 4.79 Å². The average molecular weight is 284 g/mol. The maximum atomic E-state index is 11.8. The molecule has 0 unspecified atom stereocenters. The molecule has 2 aromatic carbocycles. The molecule has 0 aliphatic heterocycles. The minimum absolute atomic E-state index is 0.0590. The Morgan fingerprint density at radius 3 is 2.67 bits per heavy atom. The molecule has 0 aromatic heterocycles. The van der Waals surface area contributed by atoms with Gasteiger partial charge < -0.3 is 15.4 Å². The van der Waals surface area contributed by atoms with Gasteiger partial charge in [0.15, 0.2) is 0 Å².